The minimum atomic E-state index is -0.433. The van der Waals surface area contributed by atoms with Crippen molar-refractivity contribution in [3.05, 3.63) is 0 Å². The van der Waals surface area contributed by atoms with Crippen molar-refractivity contribution in [2.45, 2.75) is 45.6 Å². The van der Waals surface area contributed by atoms with Crippen molar-refractivity contribution in [3.63, 3.8) is 0 Å². The van der Waals surface area contributed by atoms with Gasteiger partial charge in [0.1, 0.15) is 0 Å². The Hall–Kier alpha value is -0.0800. The first-order valence-corrected chi connectivity index (χ1v) is 5.85. The molecular weight excluding hydrogens is 174 g/mol. The minimum absolute atomic E-state index is 0.422. The number of nitrogens with zero attached hydrogens (tertiary/aromatic N) is 1. The van der Waals surface area contributed by atoms with E-state index in [0.29, 0.717) is 11.8 Å². The number of hydrogen-bond donors (Lipinski definition) is 1. The maximum absolute atomic E-state index is 10.5. The van der Waals surface area contributed by atoms with Gasteiger partial charge in [0.25, 0.3) is 0 Å². The number of β-amino-alcohol motifs (C(OH)–C–C–N with tert-alkyl or cyclic N) is 1. The smallest absolute Gasteiger partial charge is 0.0799 e. The lowest BCUT2D eigenvalue weighted by Crippen LogP contribution is -2.50. The molecule has 1 aliphatic rings. The molecule has 2 nitrogen and oxygen atoms in total. The molecule has 0 radical (unpaired) electrons. The summed E-state index contributed by atoms with van der Waals surface area (Å²) >= 11 is 0. The van der Waals surface area contributed by atoms with E-state index in [9.17, 15) is 5.11 Å². The van der Waals surface area contributed by atoms with Crippen molar-refractivity contribution in [1.29, 1.82) is 0 Å². The van der Waals surface area contributed by atoms with E-state index in [1.54, 1.807) is 0 Å². The lowest BCUT2D eigenvalue weighted by Gasteiger charge is -2.42. The number of likely N-dealkylation sites (tertiary alicyclic amines) is 1. The van der Waals surface area contributed by atoms with Gasteiger partial charge in [-0.2, -0.15) is 0 Å². The molecule has 0 amide bonds. The molecule has 2 heteroatoms. The van der Waals surface area contributed by atoms with Crippen LogP contribution in [0.15, 0.2) is 0 Å². The SMILES string of the molecule is CC(C)CC(C)C1(O)CCCN(C)C1. The Labute approximate surface area is 88.3 Å². The van der Waals surface area contributed by atoms with Gasteiger partial charge in [0.2, 0.25) is 0 Å². The summed E-state index contributed by atoms with van der Waals surface area (Å²) < 4.78 is 0. The van der Waals surface area contributed by atoms with Gasteiger partial charge < -0.3 is 10.0 Å². The van der Waals surface area contributed by atoms with Crippen molar-refractivity contribution in [2.75, 3.05) is 20.1 Å². The van der Waals surface area contributed by atoms with E-state index in [1.807, 2.05) is 0 Å². The number of piperidine rings is 1. The molecule has 1 aliphatic heterocycles. The Kier molecular flexibility index (Phi) is 3.96. The van der Waals surface area contributed by atoms with E-state index in [0.717, 1.165) is 32.4 Å². The summed E-state index contributed by atoms with van der Waals surface area (Å²) in [4.78, 5) is 2.25. The molecule has 1 fully saturated rings. The van der Waals surface area contributed by atoms with Crippen LogP contribution >= 0.6 is 0 Å². The minimum Gasteiger partial charge on any atom is -0.388 e. The molecule has 0 aliphatic carbocycles. The van der Waals surface area contributed by atoms with Gasteiger partial charge in [-0.1, -0.05) is 20.8 Å². The Morgan fingerprint density at radius 1 is 1.36 bits per heavy atom. The van der Waals surface area contributed by atoms with Crippen molar-refractivity contribution < 1.29 is 5.11 Å². The zero-order valence-electron chi connectivity index (χ0n) is 10.1. The monoisotopic (exact) mass is 199 g/mol. The molecule has 0 aromatic heterocycles. The van der Waals surface area contributed by atoms with Gasteiger partial charge in [-0.05, 0) is 44.7 Å². The molecule has 1 heterocycles. The van der Waals surface area contributed by atoms with E-state index in [-0.39, 0.29) is 0 Å². The van der Waals surface area contributed by atoms with E-state index >= 15 is 0 Å². The molecular formula is C12H25NO. The second-order valence-corrected chi connectivity index (χ2v) is 5.48. The second-order valence-electron chi connectivity index (χ2n) is 5.48. The van der Waals surface area contributed by atoms with E-state index in [2.05, 4.69) is 32.7 Å². The molecule has 1 saturated heterocycles. The molecule has 2 atom stereocenters. The van der Waals surface area contributed by atoms with Crippen LogP contribution in [0.3, 0.4) is 0 Å². The summed E-state index contributed by atoms with van der Waals surface area (Å²) in [6, 6.07) is 0. The first-order chi connectivity index (χ1) is 6.44. The average Bonchev–Trinajstić information content (AvgIpc) is 2.02. The maximum atomic E-state index is 10.5. The van der Waals surface area contributed by atoms with Crippen LogP contribution in [-0.4, -0.2) is 35.7 Å². The van der Waals surface area contributed by atoms with Crippen LogP contribution in [0.1, 0.15) is 40.0 Å². The van der Waals surface area contributed by atoms with Crippen molar-refractivity contribution in [1.82, 2.24) is 4.90 Å². The molecule has 0 aromatic rings. The molecule has 0 saturated carbocycles. The summed E-state index contributed by atoms with van der Waals surface area (Å²) in [6.07, 6.45) is 3.24. The van der Waals surface area contributed by atoms with E-state index in [1.165, 1.54) is 0 Å². The van der Waals surface area contributed by atoms with Gasteiger partial charge in [-0.3, -0.25) is 0 Å². The Balaban J connectivity index is 2.54. The Bertz CT molecular complexity index is 181. The van der Waals surface area contributed by atoms with Gasteiger partial charge >= 0.3 is 0 Å². The zero-order chi connectivity index (χ0) is 10.8. The predicted molar refractivity (Wildman–Crippen MR) is 60.3 cm³/mol. The standard InChI is InChI=1S/C12H25NO/c1-10(2)8-11(3)12(14)6-5-7-13(4)9-12/h10-11,14H,5-9H2,1-4H3. The fraction of sp³-hybridized carbons (Fsp3) is 1.00. The molecule has 1 rings (SSSR count). The van der Waals surface area contributed by atoms with Crippen molar-refractivity contribution in [3.8, 4) is 0 Å². The van der Waals surface area contributed by atoms with Crippen LogP contribution in [0, 0.1) is 11.8 Å². The number of likely N-dealkylation sites (N-methyl/N-ethyl adjacent to an activating group) is 1. The maximum Gasteiger partial charge on any atom is 0.0799 e. The summed E-state index contributed by atoms with van der Waals surface area (Å²) in [7, 11) is 2.10. The molecule has 0 spiro atoms. The third-order valence-corrected chi connectivity index (χ3v) is 3.44. The van der Waals surface area contributed by atoms with Gasteiger partial charge in [0.15, 0.2) is 0 Å². The molecule has 84 valence electrons. The molecule has 0 bridgehead atoms. The largest absolute Gasteiger partial charge is 0.388 e. The van der Waals surface area contributed by atoms with Gasteiger partial charge in [0.05, 0.1) is 5.60 Å². The summed E-state index contributed by atoms with van der Waals surface area (Å²) in [5, 5.41) is 10.5. The van der Waals surface area contributed by atoms with Crippen LogP contribution in [0.5, 0.6) is 0 Å². The van der Waals surface area contributed by atoms with Crippen LogP contribution < -0.4 is 0 Å². The molecule has 14 heavy (non-hydrogen) atoms. The topological polar surface area (TPSA) is 23.5 Å². The highest BCUT2D eigenvalue weighted by Gasteiger charge is 2.37. The van der Waals surface area contributed by atoms with Crippen LogP contribution in [0.4, 0.5) is 0 Å². The van der Waals surface area contributed by atoms with Crippen LogP contribution in [-0.2, 0) is 0 Å². The van der Waals surface area contributed by atoms with Crippen molar-refractivity contribution in [2.24, 2.45) is 11.8 Å². The Morgan fingerprint density at radius 2 is 2.00 bits per heavy atom. The highest BCUT2D eigenvalue weighted by molar-refractivity contribution is 4.90. The second kappa shape index (κ2) is 4.63. The predicted octanol–water partition coefficient (Wildman–Crippen LogP) is 2.13. The van der Waals surface area contributed by atoms with Gasteiger partial charge in [-0.15, -0.1) is 0 Å². The van der Waals surface area contributed by atoms with Crippen LogP contribution in [0.2, 0.25) is 0 Å². The zero-order valence-corrected chi connectivity index (χ0v) is 10.1. The van der Waals surface area contributed by atoms with E-state index < -0.39 is 5.60 Å². The highest BCUT2D eigenvalue weighted by Crippen LogP contribution is 2.31. The lowest BCUT2D eigenvalue weighted by atomic mass is 9.78. The van der Waals surface area contributed by atoms with Gasteiger partial charge in [-0.25, -0.2) is 0 Å². The first-order valence-electron chi connectivity index (χ1n) is 5.85. The quantitative estimate of drug-likeness (QED) is 0.752. The third kappa shape index (κ3) is 2.96. The average molecular weight is 199 g/mol. The highest BCUT2D eigenvalue weighted by atomic mass is 16.3. The summed E-state index contributed by atoms with van der Waals surface area (Å²) in [5.74, 6) is 1.10. The molecule has 2 unspecified atom stereocenters. The third-order valence-electron chi connectivity index (χ3n) is 3.44. The first kappa shape index (κ1) is 12.0. The number of rotatable bonds is 3. The number of aliphatic hydroxyl groups is 1. The Morgan fingerprint density at radius 3 is 2.50 bits per heavy atom. The van der Waals surface area contributed by atoms with Crippen LogP contribution in [0.25, 0.3) is 0 Å². The summed E-state index contributed by atoms with van der Waals surface area (Å²) in [6.45, 7) is 8.63. The van der Waals surface area contributed by atoms with Crippen molar-refractivity contribution >= 4 is 0 Å². The number of hydrogen-bond acceptors (Lipinski definition) is 2. The van der Waals surface area contributed by atoms with Gasteiger partial charge in [0, 0.05) is 6.54 Å². The molecule has 0 aromatic carbocycles. The summed E-state index contributed by atoms with van der Waals surface area (Å²) in [5.41, 5.74) is -0.433. The van der Waals surface area contributed by atoms with E-state index in [4.69, 9.17) is 0 Å². The fourth-order valence-corrected chi connectivity index (χ4v) is 2.61. The molecule has 1 N–H and O–H groups in total. The lowest BCUT2D eigenvalue weighted by molar-refractivity contribution is -0.0688. The normalized spacial score (nSPS) is 32.1. The fourth-order valence-electron chi connectivity index (χ4n) is 2.61.